The second kappa shape index (κ2) is 8.72. The molecule has 0 aromatic rings. The SMILES string of the molecule is CCCCCCC[C@H](Br)[C@H](Br)C(=O)O. The molecule has 0 aromatic carbocycles. The first kappa shape index (κ1) is 14.4. The lowest BCUT2D eigenvalue weighted by molar-refractivity contribution is -0.136. The van der Waals surface area contributed by atoms with Crippen molar-refractivity contribution in [3.05, 3.63) is 0 Å². The van der Waals surface area contributed by atoms with Crippen LogP contribution in [0.5, 0.6) is 0 Å². The number of alkyl halides is 2. The number of carboxylic acids is 1. The highest BCUT2D eigenvalue weighted by Gasteiger charge is 2.21. The molecule has 4 heteroatoms. The van der Waals surface area contributed by atoms with Crippen LogP contribution in [0.4, 0.5) is 0 Å². The van der Waals surface area contributed by atoms with Crippen LogP contribution in [-0.2, 0) is 4.79 Å². The molecule has 2 atom stereocenters. The van der Waals surface area contributed by atoms with Crippen LogP contribution in [0.2, 0.25) is 0 Å². The summed E-state index contributed by atoms with van der Waals surface area (Å²) in [6.45, 7) is 2.19. The van der Waals surface area contributed by atoms with Crippen LogP contribution in [0.25, 0.3) is 0 Å². The van der Waals surface area contributed by atoms with Gasteiger partial charge in [0.1, 0.15) is 4.83 Å². The van der Waals surface area contributed by atoms with E-state index in [1.165, 1.54) is 25.7 Å². The number of carboxylic acid groups (broad SMARTS) is 1. The summed E-state index contributed by atoms with van der Waals surface area (Å²) in [6, 6.07) is 0. The van der Waals surface area contributed by atoms with Crippen LogP contribution in [0.1, 0.15) is 45.4 Å². The number of halogens is 2. The number of aliphatic carboxylic acids is 1. The van der Waals surface area contributed by atoms with Crippen molar-refractivity contribution in [2.24, 2.45) is 0 Å². The van der Waals surface area contributed by atoms with Gasteiger partial charge in [-0.25, -0.2) is 0 Å². The molecule has 0 amide bonds. The van der Waals surface area contributed by atoms with Crippen molar-refractivity contribution < 1.29 is 9.90 Å². The fraction of sp³-hybridized carbons (Fsp3) is 0.900. The molecule has 0 saturated heterocycles. The van der Waals surface area contributed by atoms with E-state index in [1.54, 1.807) is 0 Å². The predicted molar refractivity (Wildman–Crippen MR) is 66.4 cm³/mol. The molecule has 0 saturated carbocycles. The van der Waals surface area contributed by atoms with E-state index in [1.807, 2.05) is 0 Å². The van der Waals surface area contributed by atoms with Crippen LogP contribution in [0, 0.1) is 0 Å². The lowest BCUT2D eigenvalue weighted by Gasteiger charge is -2.12. The van der Waals surface area contributed by atoms with Gasteiger partial charge < -0.3 is 5.11 Å². The summed E-state index contributed by atoms with van der Waals surface area (Å²) in [7, 11) is 0. The van der Waals surface area contributed by atoms with Crippen LogP contribution >= 0.6 is 31.9 Å². The maximum absolute atomic E-state index is 10.6. The van der Waals surface area contributed by atoms with E-state index in [0.29, 0.717) is 0 Å². The molecule has 0 rings (SSSR count). The first-order chi connectivity index (χ1) is 6.59. The van der Waals surface area contributed by atoms with Crippen molar-refractivity contribution in [1.82, 2.24) is 0 Å². The third-order valence-corrected chi connectivity index (χ3v) is 4.86. The zero-order valence-electron chi connectivity index (χ0n) is 8.51. The average molecular weight is 330 g/mol. The number of hydrogen-bond acceptors (Lipinski definition) is 1. The number of carbonyl (C=O) groups is 1. The molecule has 0 fully saturated rings. The lowest BCUT2D eigenvalue weighted by Crippen LogP contribution is -2.23. The van der Waals surface area contributed by atoms with Crippen molar-refractivity contribution in [1.29, 1.82) is 0 Å². The number of unbranched alkanes of at least 4 members (excludes halogenated alkanes) is 4. The molecular weight excluding hydrogens is 312 g/mol. The Labute approximate surface area is 103 Å². The van der Waals surface area contributed by atoms with Crippen molar-refractivity contribution in [2.45, 2.75) is 55.1 Å². The summed E-state index contributed by atoms with van der Waals surface area (Å²) in [5.41, 5.74) is 0. The largest absolute Gasteiger partial charge is 0.480 e. The minimum atomic E-state index is -0.791. The van der Waals surface area contributed by atoms with Gasteiger partial charge >= 0.3 is 5.97 Å². The molecule has 84 valence electrons. The van der Waals surface area contributed by atoms with Gasteiger partial charge in [-0.05, 0) is 6.42 Å². The number of rotatable bonds is 8. The summed E-state index contributed by atoms with van der Waals surface area (Å²) in [6.07, 6.45) is 7.01. The van der Waals surface area contributed by atoms with E-state index >= 15 is 0 Å². The van der Waals surface area contributed by atoms with E-state index in [9.17, 15) is 4.79 Å². The van der Waals surface area contributed by atoms with Gasteiger partial charge in [0, 0.05) is 4.83 Å². The molecule has 0 aromatic heterocycles. The molecular formula is C10H18Br2O2. The number of hydrogen-bond donors (Lipinski definition) is 1. The van der Waals surface area contributed by atoms with Crippen LogP contribution in [0.15, 0.2) is 0 Å². The Morgan fingerprint density at radius 1 is 1.21 bits per heavy atom. The minimum Gasteiger partial charge on any atom is -0.480 e. The molecule has 0 bridgehead atoms. The average Bonchev–Trinajstić information content (AvgIpc) is 2.16. The Kier molecular flexibility index (Phi) is 8.98. The van der Waals surface area contributed by atoms with Crippen molar-refractivity contribution in [2.75, 3.05) is 0 Å². The summed E-state index contributed by atoms with van der Waals surface area (Å²) < 4.78 is 0. The summed E-state index contributed by atoms with van der Waals surface area (Å²) in [4.78, 5) is 10.2. The standard InChI is InChI=1S/C10H18Br2O2/c1-2-3-4-5-6-7-8(11)9(12)10(13)14/h8-9H,2-7H2,1H3,(H,13,14)/t8-,9-/m0/s1. The molecule has 14 heavy (non-hydrogen) atoms. The lowest BCUT2D eigenvalue weighted by atomic mass is 10.1. The summed E-state index contributed by atoms with van der Waals surface area (Å²) >= 11 is 6.53. The highest BCUT2D eigenvalue weighted by molar-refractivity contribution is 9.12. The smallest absolute Gasteiger partial charge is 0.318 e. The summed E-state index contributed by atoms with van der Waals surface area (Å²) in [5, 5.41) is 8.72. The Morgan fingerprint density at radius 2 is 1.79 bits per heavy atom. The van der Waals surface area contributed by atoms with Gasteiger partial charge in [0.25, 0.3) is 0 Å². The molecule has 1 N–H and O–H groups in total. The minimum absolute atomic E-state index is 0.0432. The van der Waals surface area contributed by atoms with Crippen molar-refractivity contribution in [3.63, 3.8) is 0 Å². The van der Waals surface area contributed by atoms with Gasteiger partial charge in [-0.15, -0.1) is 0 Å². The van der Waals surface area contributed by atoms with E-state index in [4.69, 9.17) is 5.11 Å². The van der Waals surface area contributed by atoms with Crippen LogP contribution in [0.3, 0.4) is 0 Å². The second-order valence-electron chi connectivity index (χ2n) is 3.46. The zero-order valence-corrected chi connectivity index (χ0v) is 11.7. The Balaban J connectivity index is 3.43. The normalized spacial score (nSPS) is 15.1. The van der Waals surface area contributed by atoms with Crippen LogP contribution in [-0.4, -0.2) is 20.7 Å². The molecule has 0 unspecified atom stereocenters. The van der Waals surface area contributed by atoms with Gasteiger partial charge in [-0.2, -0.15) is 0 Å². The zero-order chi connectivity index (χ0) is 11.0. The molecule has 0 aliphatic carbocycles. The highest BCUT2D eigenvalue weighted by atomic mass is 79.9. The van der Waals surface area contributed by atoms with Gasteiger partial charge in [-0.3, -0.25) is 4.79 Å². The van der Waals surface area contributed by atoms with Gasteiger partial charge in [0.05, 0.1) is 0 Å². The van der Waals surface area contributed by atoms with Crippen LogP contribution < -0.4 is 0 Å². The van der Waals surface area contributed by atoms with Gasteiger partial charge in [0.2, 0.25) is 0 Å². The highest BCUT2D eigenvalue weighted by Crippen LogP contribution is 2.21. The quantitative estimate of drug-likeness (QED) is 0.540. The Hall–Kier alpha value is 0.430. The third kappa shape index (κ3) is 6.82. The Bertz CT molecular complexity index is 162. The van der Waals surface area contributed by atoms with E-state index < -0.39 is 10.8 Å². The van der Waals surface area contributed by atoms with Gasteiger partial charge in [-0.1, -0.05) is 70.9 Å². The van der Waals surface area contributed by atoms with E-state index in [2.05, 4.69) is 38.8 Å². The maximum atomic E-state index is 10.6. The molecule has 0 spiro atoms. The predicted octanol–water partition coefficient (Wildman–Crippen LogP) is 3.96. The maximum Gasteiger partial charge on any atom is 0.318 e. The fourth-order valence-electron chi connectivity index (χ4n) is 1.24. The Morgan fingerprint density at radius 3 is 2.29 bits per heavy atom. The van der Waals surface area contributed by atoms with E-state index in [-0.39, 0.29) is 4.83 Å². The molecule has 2 nitrogen and oxygen atoms in total. The second-order valence-corrected chi connectivity index (χ2v) is 5.62. The molecule has 0 aliphatic heterocycles. The molecule has 0 aliphatic rings. The van der Waals surface area contributed by atoms with Gasteiger partial charge in [0.15, 0.2) is 0 Å². The first-order valence-corrected chi connectivity index (χ1v) is 6.93. The topological polar surface area (TPSA) is 37.3 Å². The molecule has 0 radical (unpaired) electrons. The summed E-state index contributed by atoms with van der Waals surface area (Å²) in [5.74, 6) is -0.791. The first-order valence-electron chi connectivity index (χ1n) is 5.10. The monoisotopic (exact) mass is 328 g/mol. The van der Waals surface area contributed by atoms with Crippen molar-refractivity contribution in [3.8, 4) is 0 Å². The third-order valence-electron chi connectivity index (χ3n) is 2.14. The van der Waals surface area contributed by atoms with E-state index in [0.717, 1.165) is 12.8 Å². The van der Waals surface area contributed by atoms with Crippen molar-refractivity contribution >= 4 is 37.8 Å². The molecule has 0 heterocycles. The fourth-order valence-corrected chi connectivity index (χ4v) is 2.06.